The zero-order chi connectivity index (χ0) is 13.8. The van der Waals surface area contributed by atoms with Crippen LogP contribution in [0.15, 0.2) is 6.07 Å². The van der Waals surface area contributed by atoms with Crippen LogP contribution in [0.4, 0.5) is 0 Å². The van der Waals surface area contributed by atoms with Crippen LogP contribution in [0.2, 0.25) is 0 Å². The SMILES string of the molecule is CC(C)C(CCBr)NC(=O)c1cc2c(s1)CCSC2. The molecule has 0 bridgehead atoms. The molecule has 1 aromatic rings. The van der Waals surface area contributed by atoms with Crippen molar-refractivity contribution in [2.24, 2.45) is 5.92 Å². The number of hydrogen-bond donors (Lipinski definition) is 1. The molecule has 1 aliphatic heterocycles. The highest BCUT2D eigenvalue weighted by Gasteiger charge is 2.20. The molecule has 0 radical (unpaired) electrons. The lowest BCUT2D eigenvalue weighted by molar-refractivity contribution is 0.0929. The van der Waals surface area contributed by atoms with Gasteiger partial charge in [0, 0.05) is 22.0 Å². The van der Waals surface area contributed by atoms with Crippen molar-refractivity contribution in [1.29, 1.82) is 0 Å². The van der Waals surface area contributed by atoms with Gasteiger partial charge in [-0.05, 0) is 36.1 Å². The molecule has 0 saturated heterocycles. The maximum atomic E-state index is 12.3. The van der Waals surface area contributed by atoms with Crippen LogP contribution in [0.5, 0.6) is 0 Å². The van der Waals surface area contributed by atoms with E-state index in [9.17, 15) is 4.79 Å². The molecular weight excluding hydrogens is 342 g/mol. The van der Waals surface area contributed by atoms with E-state index in [2.05, 4.69) is 41.2 Å². The summed E-state index contributed by atoms with van der Waals surface area (Å²) in [6.07, 6.45) is 2.09. The van der Waals surface area contributed by atoms with Gasteiger partial charge in [-0.25, -0.2) is 0 Å². The largest absolute Gasteiger partial charge is 0.348 e. The van der Waals surface area contributed by atoms with E-state index in [1.165, 1.54) is 16.2 Å². The van der Waals surface area contributed by atoms with Crippen molar-refractivity contribution < 1.29 is 4.79 Å². The van der Waals surface area contributed by atoms with Gasteiger partial charge in [-0.1, -0.05) is 29.8 Å². The van der Waals surface area contributed by atoms with Gasteiger partial charge in [-0.3, -0.25) is 4.79 Å². The van der Waals surface area contributed by atoms with Gasteiger partial charge >= 0.3 is 0 Å². The molecule has 1 unspecified atom stereocenters. The number of aryl methyl sites for hydroxylation is 1. The number of thioether (sulfide) groups is 1. The summed E-state index contributed by atoms with van der Waals surface area (Å²) < 4.78 is 0. The minimum atomic E-state index is 0.101. The van der Waals surface area contributed by atoms with Gasteiger partial charge in [0.2, 0.25) is 0 Å². The summed E-state index contributed by atoms with van der Waals surface area (Å²) >= 11 is 7.10. The Labute approximate surface area is 131 Å². The highest BCUT2D eigenvalue weighted by molar-refractivity contribution is 9.09. The highest BCUT2D eigenvalue weighted by Crippen LogP contribution is 2.31. The van der Waals surface area contributed by atoms with E-state index in [1.807, 2.05) is 11.8 Å². The second kappa shape index (κ2) is 7.14. The maximum absolute atomic E-state index is 12.3. The van der Waals surface area contributed by atoms with Gasteiger partial charge in [0.05, 0.1) is 4.88 Å². The number of nitrogens with one attached hydrogen (secondary N) is 1. The summed E-state index contributed by atoms with van der Waals surface area (Å²) in [6, 6.07) is 2.34. The van der Waals surface area contributed by atoms with Gasteiger partial charge < -0.3 is 5.32 Å². The fourth-order valence-corrected chi connectivity index (χ4v) is 4.96. The van der Waals surface area contributed by atoms with Crippen molar-refractivity contribution in [3.63, 3.8) is 0 Å². The minimum absolute atomic E-state index is 0.101. The number of rotatable bonds is 5. The first-order valence-corrected chi connectivity index (χ1v) is 9.77. The third-order valence-electron chi connectivity index (χ3n) is 3.39. The van der Waals surface area contributed by atoms with E-state index in [4.69, 9.17) is 0 Å². The van der Waals surface area contributed by atoms with Crippen LogP contribution in [0.25, 0.3) is 0 Å². The van der Waals surface area contributed by atoms with Crippen LogP contribution in [0.1, 0.15) is 40.4 Å². The first-order valence-electron chi connectivity index (χ1n) is 6.68. The van der Waals surface area contributed by atoms with E-state index in [0.717, 1.165) is 28.8 Å². The molecule has 2 nitrogen and oxygen atoms in total. The quantitative estimate of drug-likeness (QED) is 0.800. The van der Waals surface area contributed by atoms with Crippen LogP contribution >= 0.6 is 39.0 Å². The number of fused-ring (bicyclic) bond motifs is 1. The monoisotopic (exact) mass is 361 g/mol. The molecule has 2 heterocycles. The Hall–Kier alpha value is -0.000000000000000111. The average molecular weight is 362 g/mol. The Kier molecular flexibility index (Phi) is 5.78. The summed E-state index contributed by atoms with van der Waals surface area (Å²) in [5.41, 5.74) is 1.37. The summed E-state index contributed by atoms with van der Waals surface area (Å²) in [6.45, 7) is 4.31. The molecule has 1 N–H and O–H groups in total. The Bertz CT molecular complexity index is 421. The Balaban J connectivity index is 2.04. The summed E-state index contributed by atoms with van der Waals surface area (Å²) in [4.78, 5) is 14.6. The molecule has 0 aliphatic carbocycles. The number of alkyl halides is 1. The minimum Gasteiger partial charge on any atom is -0.348 e. The normalized spacial score (nSPS) is 16.2. The molecule has 0 fully saturated rings. The van der Waals surface area contributed by atoms with Crippen LogP contribution in [-0.4, -0.2) is 23.0 Å². The van der Waals surface area contributed by atoms with Gasteiger partial charge in [0.25, 0.3) is 5.91 Å². The van der Waals surface area contributed by atoms with Crippen LogP contribution in [0.3, 0.4) is 0 Å². The Morgan fingerprint density at radius 3 is 2.95 bits per heavy atom. The van der Waals surface area contributed by atoms with Crippen molar-refractivity contribution in [1.82, 2.24) is 5.32 Å². The Morgan fingerprint density at radius 2 is 2.32 bits per heavy atom. The first-order chi connectivity index (χ1) is 9.11. The van der Waals surface area contributed by atoms with Crippen molar-refractivity contribution in [2.75, 3.05) is 11.1 Å². The van der Waals surface area contributed by atoms with E-state index in [0.29, 0.717) is 5.92 Å². The van der Waals surface area contributed by atoms with Crippen molar-refractivity contribution in [2.45, 2.75) is 38.5 Å². The van der Waals surface area contributed by atoms with Gasteiger partial charge in [-0.2, -0.15) is 11.8 Å². The van der Waals surface area contributed by atoms with Gasteiger partial charge in [0.15, 0.2) is 0 Å². The topological polar surface area (TPSA) is 29.1 Å². The molecule has 5 heteroatoms. The second-order valence-electron chi connectivity index (χ2n) is 5.16. The lowest BCUT2D eigenvalue weighted by atomic mass is 10.0. The van der Waals surface area contributed by atoms with Crippen molar-refractivity contribution >= 4 is 44.9 Å². The fraction of sp³-hybridized carbons (Fsp3) is 0.643. The Morgan fingerprint density at radius 1 is 1.53 bits per heavy atom. The molecule has 2 rings (SSSR count). The van der Waals surface area contributed by atoms with Crippen molar-refractivity contribution in [3.05, 3.63) is 21.4 Å². The number of halogens is 1. The number of carbonyl (C=O) groups is 1. The number of amides is 1. The molecule has 0 spiro atoms. The van der Waals surface area contributed by atoms with Crippen LogP contribution in [-0.2, 0) is 12.2 Å². The number of thiophene rings is 1. The molecule has 0 saturated carbocycles. The molecular formula is C14H20BrNOS2. The zero-order valence-corrected chi connectivity index (χ0v) is 14.6. The van der Waals surface area contributed by atoms with Crippen LogP contribution < -0.4 is 5.32 Å². The molecule has 106 valence electrons. The summed E-state index contributed by atoms with van der Waals surface area (Å²) in [5, 5.41) is 4.10. The van der Waals surface area contributed by atoms with Crippen molar-refractivity contribution in [3.8, 4) is 0 Å². The lowest BCUT2D eigenvalue weighted by Crippen LogP contribution is -2.38. The predicted molar refractivity (Wildman–Crippen MR) is 88.7 cm³/mol. The third kappa shape index (κ3) is 3.99. The molecule has 1 aromatic heterocycles. The number of carbonyl (C=O) groups excluding carboxylic acids is 1. The zero-order valence-electron chi connectivity index (χ0n) is 11.4. The van der Waals surface area contributed by atoms with E-state index in [-0.39, 0.29) is 11.9 Å². The number of hydrogen-bond acceptors (Lipinski definition) is 3. The third-order valence-corrected chi connectivity index (χ3v) is 6.09. The average Bonchev–Trinajstić information content (AvgIpc) is 2.81. The van der Waals surface area contributed by atoms with E-state index >= 15 is 0 Å². The van der Waals surface area contributed by atoms with E-state index < -0.39 is 0 Å². The smallest absolute Gasteiger partial charge is 0.261 e. The second-order valence-corrected chi connectivity index (χ2v) is 8.20. The summed E-state index contributed by atoms with van der Waals surface area (Å²) in [7, 11) is 0. The fourth-order valence-electron chi connectivity index (χ4n) is 2.19. The maximum Gasteiger partial charge on any atom is 0.261 e. The first kappa shape index (κ1) is 15.4. The predicted octanol–water partition coefficient (Wildman–Crippen LogP) is 4.08. The lowest BCUT2D eigenvalue weighted by Gasteiger charge is -2.21. The molecule has 1 amide bonds. The summed E-state index contributed by atoms with van der Waals surface area (Å²) in [5.74, 6) is 2.82. The molecule has 1 aliphatic rings. The van der Waals surface area contributed by atoms with Gasteiger partial charge in [-0.15, -0.1) is 11.3 Å². The van der Waals surface area contributed by atoms with E-state index in [1.54, 1.807) is 11.3 Å². The van der Waals surface area contributed by atoms with Gasteiger partial charge in [0.1, 0.15) is 0 Å². The molecule has 0 aromatic carbocycles. The van der Waals surface area contributed by atoms with Crippen LogP contribution in [0, 0.1) is 5.92 Å². The molecule has 1 atom stereocenters. The molecule has 19 heavy (non-hydrogen) atoms. The standard InChI is InChI=1S/C14H20BrNOS2/c1-9(2)11(3-5-15)16-14(17)13-7-10-8-18-6-4-12(10)19-13/h7,9,11H,3-6,8H2,1-2H3,(H,16,17). The highest BCUT2D eigenvalue weighted by atomic mass is 79.9.